The molecule has 0 saturated carbocycles. The van der Waals surface area contributed by atoms with Crippen LogP contribution in [0.3, 0.4) is 0 Å². The third-order valence-electron chi connectivity index (χ3n) is 1.55. The molecule has 3 nitrogen and oxygen atoms in total. The van der Waals surface area contributed by atoms with Gasteiger partial charge < -0.3 is 10.8 Å². The number of benzene rings is 1. The van der Waals surface area contributed by atoms with E-state index in [2.05, 4.69) is 0 Å². The minimum absolute atomic E-state index is 0. The van der Waals surface area contributed by atoms with E-state index in [1.807, 2.05) is 0 Å². The standard InChI is InChI=1S/C8H9NO2.Zn/c1-5-3-2-4-6(7(5)9)8(10)11;/h2-4H,9H2,1H3,(H,10,11);. The van der Waals surface area contributed by atoms with Crippen LogP contribution in [0, 0.1) is 6.92 Å². The third-order valence-corrected chi connectivity index (χ3v) is 1.55. The summed E-state index contributed by atoms with van der Waals surface area (Å²) >= 11 is 0. The molecule has 0 radical (unpaired) electrons. The van der Waals surface area contributed by atoms with Crippen molar-refractivity contribution in [3.63, 3.8) is 0 Å². The fourth-order valence-electron chi connectivity index (χ4n) is 0.867. The van der Waals surface area contributed by atoms with E-state index in [9.17, 15) is 4.79 Å². The number of rotatable bonds is 1. The van der Waals surface area contributed by atoms with Crippen LogP contribution in [0.4, 0.5) is 5.69 Å². The molecule has 3 N–H and O–H groups in total. The van der Waals surface area contributed by atoms with Gasteiger partial charge in [-0.15, -0.1) is 0 Å². The van der Waals surface area contributed by atoms with Gasteiger partial charge in [0.1, 0.15) is 0 Å². The minimum Gasteiger partial charge on any atom is -0.478 e. The number of hydrogen-bond acceptors (Lipinski definition) is 2. The number of anilines is 1. The van der Waals surface area contributed by atoms with Crippen LogP contribution in [0.5, 0.6) is 0 Å². The van der Waals surface area contributed by atoms with Crippen LogP contribution in [-0.2, 0) is 19.5 Å². The van der Waals surface area contributed by atoms with Crippen LogP contribution < -0.4 is 5.73 Å². The first-order valence-corrected chi connectivity index (χ1v) is 3.21. The van der Waals surface area contributed by atoms with Crippen LogP contribution in [0.15, 0.2) is 18.2 Å². The zero-order valence-corrected chi connectivity index (χ0v) is 9.84. The largest absolute Gasteiger partial charge is 0.478 e. The first-order valence-electron chi connectivity index (χ1n) is 3.21. The molecule has 12 heavy (non-hydrogen) atoms. The number of nitrogen functional groups attached to an aromatic ring is 1. The fraction of sp³-hybridized carbons (Fsp3) is 0.125. The van der Waals surface area contributed by atoms with Crippen LogP contribution in [0.2, 0.25) is 0 Å². The Kier molecular flexibility index (Phi) is 3.91. The van der Waals surface area contributed by atoms with Crippen molar-refractivity contribution in [2.75, 3.05) is 5.73 Å². The summed E-state index contributed by atoms with van der Waals surface area (Å²) in [4.78, 5) is 10.5. The molecule has 0 amide bonds. The summed E-state index contributed by atoms with van der Waals surface area (Å²) < 4.78 is 0. The Morgan fingerprint density at radius 1 is 1.50 bits per heavy atom. The zero-order valence-electron chi connectivity index (χ0n) is 6.87. The monoisotopic (exact) mass is 215 g/mol. The van der Waals surface area contributed by atoms with E-state index < -0.39 is 5.97 Å². The zero-order chi connectivity index (χ0) is 8.43. The summed E-state index contributed by atoms with van der Waals surface area (Å²) in [6.07, 6.45) is 0. The van der Waals surface area contributed by atoms with Crippen molar-refractivity contribution in [3.05, 3.63) is 29.3 Å². The SMILES string of the molecule is Cc1cccc(C(=O)O)c1N.[Zn]. The summed E-state index contributed by atoms with van der Waals surface area (Å²) in [6, 6.07) is 4.95. The van der Waals surface area contributed by atoms with Crippen molar-refractivity contribution in [1.29, 1.82) is 0 Å². The quantitative estimate of drug-likeness (QED) is 0.549. The van der Waals surface area contributed by atoms with Gasteiger partial charge in [-0.25, -0.2) is 4.79 Å². The predicted octanol–water partition coefficient (Wildman–Crippen LogP) is 1.27. The molecular weight excluding hydrogens is 207 g/mol. The van der Waals surface area contributed by atoms with Crippen molar-refractivity contribution >= 4 is 11.7 Å². The maximum Gasteiger partial charge on any atom is 0.337 e. The van der Waals surface area contributed by atoms with Crippen LogP contribution in [-0.4, -0.2) is 11.1 Å². The number of hydrogen-bond donors (Lipinski definition) is 2. The molecule has 1 aromatic rings. The van der Waals surface area contributed by atoms with Gasteiger partial charge in [-0.05, 0) is 18.6 Å². The Labute approximate surface area is 83.3 Å². The Morgan fingerprint density at radius 3 is 2.50 bits per heavy atom. The molecule has 4 heteroatoms. The molecule has 0 spiro atoms. The normalized spacial score (nSPS) is 8.75. The molecular formula is C8H9NO2Zn. The summed E-state index contributed by atoms with van der Waals surface area (Å²) in [7, 11) is 0. The number of aryl methyl sites for hydroxylation is 1. The van der Waals surface area contributed by atoms with E-state index in [0.29, 0.717) is 5.69 Å². The van der Waals surface area contributed by atoms with E-state index in [4.69, 9.17) is 10.8 Å². The molecule has 60 valence electrons. The smallest absolute Gasteiger partial charge is 0.337 e. The molecule has 0 heterocycles. The molecule has 0 aliphatic carbocycles. The van der Waals surface area contributed by atoms with Gasteiger partial charge in [-0.3, -0.25) is 0 Å². The molecule has 0 bridgehead atoms. The summed E-state index contributed by atoms with van der Waals surface area (Å²) in [5.74, 6) is -0.980. The number of carbonyl (C=O) groups is 1. The number of carboxylic acid groups (broad SMARTS) is 1. The molecule has 1 rings (SSSR count). The van der Waals surface area contributed by atoms with E-state index >= 15 is 0 Å². The minimum atomic E-state index is -0.980. The van der Waals surface area contributed by atoms with Gasteiger partial charge in [0.2, 0.25) is 0 Å². The first kappa shape index (κ1) is 11.1. The van der Waals surface area contributed by atoms with E-state index in [-0.39, 0.29) is 25.0 Å². The van der Waals surface area contributed by atoms with Crippen molar-refractivity contribution in [2.24, 2.45) is 0 Å². The van der Waals surface area contributed by atoms with Gasteiger partial charge in [-0.1, -0.05) is 12.1 Å². The average Bonchev–Trinajstić information content (AvgIpc) is 1.94. The number of aromatic carboxylic acids is 1. The number of carboxylic acids is 1. The molecule has 0 unspecified atom stereocenters. The van der Waals surface area contributed by atoms with Crippen molar-refractivity contribution in [3.8, 4) is 0 Å². The van der Waals surface area contributed by atoms with Gasteiger partial charge in [0.25, 0.3) is 0 Å². The van der Waals surface area contributed by atoms with Crippen LogP contribution in [0.25, 0.3) is 0 Å². The molecule has 0 aliphatic heterocycles. The number of para-hydroxylation sites is 1. The van der Waals surface area contributed by atoms with Gasteiger partial charge in [0.05, 0.1) is 5.56 Å². The second-order valence-electron chi connectivity index (χ2n) is 2.34. The van der Waals surface area contributed by atoms with Gasteiger partial charge in [0, 0.05) is 25.2 Å². The van der Waals surface area contributed by atoms with E-state index in [0.717, 1.165) is 5.56 Å². The fourth-order valence-corrected chi connectivity index (χ4v) is 0.867. The number of nitrogens with two attached hydrogens (primary N) is 1. The predicted molar refractivity (Wildman–Crippen MR) is 42.6 cm³/mol. The summed E-state index contributed by atoms with van der Waals surface area (Å²) in [5.41, 5.74) is 6.82. The van der Waals surface area contributed by atoms with Crippen molar-refractivity contribution < 1.29 is 29.4 Å². The topological polar surface area (TPSA) is 63.3 Å². The molecule has 0 saturated heterocycles. The summed E-state index contributed by atoms with van der Waals surface area (Å²) in [5, 5.41) is 8.61. The Morgan fingerprint density at radius 2 is 2.08 bits per heavy atom. The maximum atomic E-state index is 10.5. The van der Waals surface area contributed by atoms with Crippen molar-refractivity contribution in [2.45, 2.75) is 6.92 Å². The summed E-state index contributed by atoms with van der Waals surface area (Å²) in [6.45, 7) is 1.78. The van der Waals surface area contributed by atoms with Gasteiger partial charge in [0.15, 0.2) is 0 Å². The van der Waals surface area contributed by atoms with E-state index in [1.54, 1.807) is 19.1 Å². The average molecular weight is 217 g/mol. The first-order chi connectivity index (χ1) is 5.13. The van der Waals surface area contributed by atoms with Crippen LogP contribution in [0.1, 0.15) is 15.9 Å². The second kappa shape index (κ2) is 4.22. The maximum absolute atomic E-state index is 10.5. The van der Waals surface area contributed by atoms with Crippen LogP contribution >= 0.6 is 0 Å². The molecule has 0 aromatic heterocycles. The molecule has 0 fully saturated rings. The molecule has 1 aromatic carbocycles. The Hall–Kier alpha value is -0.887. The van der Waals surface area contributed by atoms with Crippen molar-refractivity contribution in [1.82, 2.24) is 0 Å². The van der Waals surface area contributed by atoms with E-state index in [1.165, 1.54) is 6.07 Å². The van der Waals surface area contributed by atoms with Gasteiger partial charge in [-0.2, -0.15) is 0 Å². The molecule has 0 atom stereocenters. The Balaban J connectivity index is 0.00000121. The second-order valence-corrected chi connectivity index (χ2v) is 2.34. The third kappa shape index (κ3) is 2.05. The Bertz CT molecular complexity index is 299. The van der Waals surface area contributed by atoms with Gasteiger partial charge >= 0.3 is 5.97 Å². The molecule has 0 aliphatic rings.